The summed E-state index contributed by atoms with van der Waals surface area (Å²) >= 11 is 0. The molecule has 0 aliphatic heterocycles. The van der Waals surface area contributed by atoms with Gasteiger partial charge < -0.3 is 5.11 Å². The van der Waals surface area contributed by atoms with Crippen molar-refractivity contribution in [3.8, 4) is 0 Å². The van der Waals surface area contributed by atoms with Gasteiger partial charge in [0.15, 0.2) is 0 Å². The summed E-state index contributed by atoms with van der Waals surface area (Å²) in [6.45, 7) is 4.06. The molecule has 1 aromatic heterocycles. The van der Waals surface area contributed by atoms with Gasteiger partial charge in [-0.15, -0.1) is 0 Å². The summed E-state index contributed by atoms with van der Waals surface area (Å²) in [6.07, 6.45) is 2.95. The molecular formula is C13H16N2O. The van der Waals surface area contributed by atoms with Crippen LogP contribution in [0.4, 0.5) is 0 Å². The fraction of sp³-hybridized carbons (Fsp3) is 0.308. The zero-order valence-corrected chi connectivity index (χ0v) is 9.81. The molecule has 1 heterocycles. The average Bonchev–Trinajstić information content (AvgIpc) is 2.64. The van der Waals surface area contributed by atoms with E-state index < -0.39 is 6.10 Å². The van der Waals surface area contributed by atoms with Crippen molar-refractivity contribution in [1.29, 1.82) is 0 Å². The minimum Gasteiger partial charge on any atom is -0.384 e. The lowest BCUT2D eigenvalue weighted by atomic mass is 9.98. The van der Waals surface area contributed by atoms with Crippen LogP contribution in [0.5, 0.6) is 0 Å². The number of rotatable bonds is 2. The number of benzene rings is 1. The molecule has 2 aromatic rings. The van der Waals surface area contributed by atoms with Crippen LogP contribution >= 0.6 is 0 Å². The molecule has 3 heteroatoms. The van der Waals surface area contributed by atoms with E-state index in [-0.39, 0.29) is 0 Å². The molecule has 1 unspecified atom stereocenters. The molecule has 0 fully saturated rings. The van der Waals surface area contributed by atoms with Gasteiger partial charge in [-0.05, 0) is 25.0 Å². The predicted octanol–water partition coefficient (Wildman–Crippen LogP) is 2.12. The highest BCUT2D eigenvalue weighted by atomic mass is 16.3. The van der Waals surface area contributed by atoms with Crippen molar-refractivity contribution in [1.82, 2.24) is 9.78 Å². The van der Waals surface area contributed by atoms with Crippen LogP contribution in [-0.2, 0) is 7.05 Å². The second-order valence-electron chi connectivity index (χ2n) is 4.21. The van der Waals surface area contributed by atoms with E-state index in [1.165, 1.54) is 5.56 Å². The van der Waals surface area contributed by atoms with Crippen LogP contribution < -0.4 is 0 Å². The van der Waals surface area contributed by atoms with Gasteiger partial charge in [0.2, 0.25) is 0 Å². The Hall–Kier alpha value is -1.61. The second-order valence-corrected chi connectivity index (χ2v) is 4.21. The SMILES string of the molecule is Cc1ccc(C(O)c2cnn(C)c2)c(C)c1. The van der Waals surface area contributed by atoms with Gasteiger partial charge in [-0.25, -0.2) is 0 Å². The Morgan fingerprint density at radius 1 is 1.31 bits per heavy atom. The van der Waals surface area contributed by atoms with Crippen molar-refractivity contribution in [2.75, 3.05) is 0 Å². The van der Waals surface area contributed by atoms with Crippen molar-refractivity contribution < 1.29 is 5.11 Å². The second kappa shape index (κ2) is 4.10. The van der Waals surface area contributed by atoms with Crippen LogP contribution in [0, 0.1) is 13.8 Å². The van der Waals surface area contributed by atoms with Crippen LogP contribution in [-0.4, -0.2) is 14.9 Å². The number of aryl methyl sites for hydroxylation is 3. The highest BCUT2D eigenvalue weighted by Gasteiger charge is 2.14. The lowest BCUT2D eigenvalue weighted by Crippen LogP contribution is -2.01. The molecule has 0 saturated heterocycles. The first-order valence-electron chi connectivity index (χ1n) is 5.31. The zero-order valence-electron chi connectivity index (χ0n) is 9.81. The summed E-state index contributed by atoms with van der Waals surface area (Å²) in [7, 11) is 1.85. The molecule has 84 valence electrons. The standard InChI is InChI=1S/C13H16N2O/c1-9-4-5-12(10(2)6-9)13(16)11-7-14-15(3)8-11/h4-8,13,16H,1-3H3. The van der Waals surface area contributed by atoms with Crippen LogP contribution in [0.3, 0.4) is 0 Å². The molecule has 0 bridgehead atoms. The third-order valence-corrected chi connectivity index (χ3v) is 2.76. The number of hydrogen-bond donors (Lipinski definition) is 1. The lowest BCUT2D eigenvalue weighted by molar-refractivity contribution is 0.219. The largest absolute Gasteiger partial charge is 0.384 e. The lowest BCUT2D eigenvalue weighted by Gasteiger charge is -2.12. The van der Waals surface area contributed by atoms with Crippen molar-refractivity contribution in [2.45, 2.75) is 20.0 Å². The van der Waals surface area contributed by atoms with E-state index in [0.29, 0.717) is 0 Å². The van der Waals surface area contributed by atoms with E-state index >= 15 is 0 Å². The molecule has 1 N–H and O–H groups in total. The normalized spacial score (nSPS) is 12.8. The number of hydrogen-bond acceptors (Lipinski definition) is 2. The number of aliphatic hydroxyl groups excluding tert-OH is 1. The molecule has 2 rings (SSSR count). The Kier molecular flexibility index (Phi) is 2.79. The fourth-order valence-corrected chi connectivity index (χ4v) is 1.89. The smallest absolute Gasteiger partial charge is 0.107 e. The molecule has 16 heavy (non-hydrogen) atoms. The van der Waals surface area contributed by atoms with E-state index in [0.717, 1.165) is 16.7 Å². The van der Waals surface area contributed by atoms with Gasteiger partial charge in [0.05, 0.1) is 6.20 Å². The number of aliphatic hydroxyl groups is 1. The zero-order chi connectivity index (χ0) is 11.7. The molecule has 0 aliphatic carbocycles. The van der Waals surface area contributed by atoms with E-state index in [2.05, 4.69) is 11.2 Å². The van der Waals surface area contributed by atoms with E-state index in [1.54, 1.807) is 10.9 Å². The summed E-state index contributed by atoms with van der Waals surface area (Å²) in [5.74, 6) is 0. The van der Waals surface area contributed by atoms with Crippen LogP contribution in [0.15, 0.2) is 30.6 Å². The quantitative estimate of drug-likeness (QED) is 0.835. The highest BCUT2D eigenvalue weighted by molar-refractivity contribution is 5.36. The maximum absolute atomic E-state index is 10.2. The molecule has 1 atom stereocenters. The van der Waals surface area contributed by atoms with Crippen molar-refractivity contribution >= 4 is 0 Å². The predicted molar refractivity (Wildman–Crippen MR) is 63.2 cm³/mol. The molecule has 3 nitrogen and oxygen atoms in total. The van der Waals surface area contributed by atoms with Gasteiger partial charge in [0.1, 0.15) is 6.10 Å². The Morgan fingerprint density at radius 2 is 2.06 bits per heavy atom. The van der Waals surface area contributed by atoms with Crippen molar-refractivity contribution in [3.63, 3.8) is 0 Å². The molecule has 0 aliphatic rings. The molecule has 0 radical (unpaired) electrons. The minimum absolute atomic E-state index is 0.589. The van der Waals surface area contributed by atoms with Crippen molar-refractivity contribution in [3.05, 3.63) is 52.8 Å². The molecule has 0 spiro atoms. The van der Waals surface area contributed by atoms with Crippen LogP contribution in [0.25, 0.3) is 0 Å². The minimum atomic E-state index is -0.589. The van der Waals surface area contributed by atoms with Crippen molar-refractivity contribution in [2.24, 2.45) is 7.05 Å². The first kappa shape index (κ1) is 10.9. The van der Waals surface area contributed by atoms with Gasteiger partial charge in [0, 0.05) is 18.8 Å². The molecule has 0 amide bonds. The summed E-state index contributed by atoms with van der Waals surface area (Å²) in [5, 5.41) is 14.3. The Balaban J connectivity index is 2.37. The topological polar surface area (TPSA) is 38.1 Å². The Morgan fingerprint density at radius 3 is 2.62 bits per heavy atom. The van der Waals surface area contributed by atoms with Gasteiger partial charge >= 0.3 is 0 Å². The van der Waals surface area contributed by atoms with Gasteiger partial charge in [-0.3, -0.25) is 4.68 Å². The summed E-state index contributed by atoms with van der Waals surface area (Å²) in [6, 6.07) is 6.07. The van der Waals surface area contributed by atoms with Gasteiger partial charge in [-0.2, -0.15) is 5.10 Å². The summed E-state index contributed by atoms with van der Waals surface area (Å²) in [4.78, 5) is 0. The average molecular weight is 216 g/mol. The van der Waals surface area contributed by atoms with Gasteiger partial charge in [-0.1, -0.05) is 23.8 Å². The highest BCUT2D eigenvalue weighted by Crippen LogP contribution is 2.24. The van der Waals surface area contributed by atoms with E-state index in [1.807, 2.05) is 39.2 Å². The molecule has 1 aromatic carbocycles. The first-order valence-corrected chi connectivity index (χ1v) is 5.31. The Labute approximate surface area is 95.3 Å². The number of aromatic nitrogens is 2. The maximum Gasteiger partial charge on any atom is 0.107 e. The fourth-order valence-electron chi connectivity index (χ4n) is 1.89. The van der Waals surface area contributed by atoms with E-state index in [4.69, 9.17) is 0 Å². The van der Waals surface area contributed by atoms with Crippen LogP contribution in [0.2, 0.25) is 0 Å². The monoisotopic (exact) mass is 216 g/mol. The number of nitrogens with zero attached hydrogens (tertiary/aromatic N) is 2. The molecule has 0 saturated carbocycles. The third-order valence-electron chi connectivity index (χ3n) is 2.76. The summed E-state index contributed by atoms with van der Waals surface area (Å²) < 4.78 is 1.70. The van der Waals surface area contributed by atoms with E-state index in [9.17, 15) is 5.11 Å². The molecular weight excluding hydrogens is 200 g/mol. The van der Waals surface area contributed by atoms with Crippen LogP contribution in [0.1, 0.15) is 28.4 Å². The first-order chi connectivity index (χ1) is 7.58. The Bertz CT molecular complexity index is 502. The summed E-state index contributed by atoms with van der Waals surface area (Å²) in [5.41, 5.74) is 4.09. The van der Waals surface area contributed by atoms with Gasteiger partial charge in [0.25, 0.3) is 0 Å². The third kappa shape index (κ3) is 1.99. The maximum atomic E-state index is 10.2.